The van der Waals surface area contributed by atoms with E-state index >= 15 is 0 Å². The molecule has 0 bridgehead atoms. The summed E-state index contributed by atoms with van der Waals surface area (Å²) in [5.74, 6) is -1.96. The van der Waals surface area contributed by atoms with Crippen LogP contribution < -0.4 is 0 Å². The number of rotatable bonds is 7. The SMILES string of the molecule is CC(C)c1cc(-c2c(F)cccc2F)nnc1C(C)c1cncc(-c2cnn(CS(C)(=O)=O)c2)n1. The minimum absolute atomic E-state index is 0.00176. The first kappa shape index (κ1) is 24.5. The molecule has 0 spiro atoms. The zero-order valence-electron chi connectivity index (χ0n) is 19.6. The van der Waals surface area contributed by atoms with Crippen LogP contribution in [0.2, 0.25) is 0 Å². The lowest BCUT2D eigenvalue weighted by molar-refractivity contribution is 0.581. The summed E-state index contributed by atoms with van der Waals surface area (Å²) in [6, 6.07) is 5.34. The molecule has 0 radical (unpaired) electrons. The predicted octanol–water partition coefficient (Wildman–Crippen LogP) is 4.35. The zero-order chi connectivity index (χ0) is 25.3. The van der Waals surface area contributed by atoms with Crippen LogP contribution in [0.5, 0.6) is 0 Å². The normalized spacial score (nSPS) is 12.8. The van der Waals surface area contributed by atoms with Crippen molar-refractivity contribution in [2.24, 2.45) is 0 Å². The van der Waals surface area contributed by atoms with Crippen molar-refractivity contribution >= 4 is 9.84 Å². The molecule has 0 saturated heterocycles. The van der Waals surface area contributed by atoms with Gasteiger partial charge in [-0.1, -0.05) is 26.8 Å². The van der Waals surface area contributed by atoms with Crippen LogP contribution in [0.25, 0.3) is 22.5 Å². The molecule has 0 aliphatic carbocycles. The topological polar surface area (TPSA) is 104 Å². The van der Waals surface area contributed by atoms with E-state index < -0.39 is 21.5 Å². The Bertz CT molecular complexity index is 1470. The molecule has 11 heteroatoms. The van der Waals surface area contributed by atoms with Gasteiger partial charge < -0.3 is 0 Å². The molecule has 0 amide bonds. The molecule has 8 nitrogen and oxygen atoms in total. The van der Waals surface area contributed by atoms with Gasteiger partial charge >= 0.3 is 0 Å². The summed E-state index contributed by atoms with van der Waals surface area (Å²) >= 11 is 0. The van der Waals surface area contributed by atoms with Gasteiger partial charge in [0.15, 0.2) is 9.84 Å². The molecule has 1 unspecified atom stereocenters. The summed E-state index contributed by atoms with van der Waals surface area (Å²) in [6.07, 6.45) is 7.44. The second-order valence-electron chi connectivity index (χ2n) is 8.70. The molecule has 35 heavy (non-hydrogen) atoms. The van der Waals surface area contributed by atoms with E-state index in [4.69, 9.17) is 0 Å². The van der Waals surface area contributed by atoms with Gasteiger partial charge in [-0.25, -0.2) is 22.2 Å². The third-order valence-electron chi connectivity index (χ3n) is 5.50. The fourth-order valence-corrected chi connectivity index (χ4v) is 4.38. The summed E-state index contributed by atoms with van der Waals surface area (Å²) in [4.78, 5) is 8.97. The number of hydrogen-bond acceptors (Lipinski definition) is 7. The summed E-state index contributed by atoms with van der Waals surface area (Å²) in [5.41, 5.74) is 3.08. The minimum atomic E-state index is -3.24. The van der Waals surface area contributed by atoms with E-state index in [2.05, 4.69) is 25.3 Å². The van der Waals surface area contributed by atoms with Crippen LogP contribution in [-0.2, 0) is 15.7 Å². The van der Waals surface area contributed by atoms with Crippen LogP contribution in [0.4, 0.5) is 8.78 Å². The maximum absolute atomic E-state index is 14.3. The molecule has 182 valence electrons. The van der Waals surface area contributed by atoms with E-state index in [1.807, 2.05) is 20.8 Å². The number of benzene rings is 1. The second kappa shape index (κ2) is 9.57. The van der Waals surface area contributed by atoms with E-state index in [1.165, 1.54) is 29.1 Å². The van der Waals surface area contributed by atoms with Crippen molar-refractivity contribution in [1.82, 2.24) is 29.9 Å². The van der Waals surface area contributed by atoms with Crippen molar-refractivity contribution in [3.63, 3.8) is 0 Å². The van der Waals surface area contributed by atoms with Crippen LogP contribution in [-0.4, -0.2) is 44.6 Å². The summed E-state index contributed by atoms with van der Waals surface area (Å²) in [5, 5.41) is 12.6. The zero-order valence-corrected chi connectivity index (χ0v) is 20.5. The third kappa shape index (κ3) is 5.40. The Balaban J connectivity index is 1.70. The van der Waals surface area contributed by atoms with Gasteiger partial charge in [0.05, 0.1) is 40.7 Å². The van der Waals surface area contributed by atoms with Crippen molar-refractivity contribution in [2.75, 3.05) is 6.26 Å². The van der Waals surface area contributed by atoms with E-state index in [-0.39, 0.29) is 29.0 Å². The summed E-state index contributed by atoms with van der Waals surface area (Å²) in [7, 11) is -3.24. The minimum Gasteiger partial charge on any atom is -0.261 e. The average molecular weight is 499 g/mol. The van der Waals surface area contributed by atoms with Gasteiger partial charge in [0, 0.05) is 30.1 Å². The van der Waals surface area contributed by atoms with E-state index in [0.29, 0.717) is 22.6 Å². The highest BCUT2D eigenvalue weighted by Crippen LogP contribution is 2.32. The molecule has 3 aromatic heterocycles. The van der Waals surface area contributed by atoms with Gasteiger partial charge in [-0.3, -0.25) is 9.67 Å². The maximum atomic E-state index is 14.3. The van der Waals surface area contributed by atoms with Gasteiger partial charge in [0.25, 0.3) is 0 Å². The average Bonchev–Trinajstić information content (AvgIpc) is 3.25. The van der Waals surface area contributed by atoms with Crippen molar-refractivity contribution in [3.05, 3.63) is 77.6 Å². The van der Waals surface area contributed by atoms with Gasteiger partial charge in [-0.15, -0.1) is 0 Å². The summed E-state index contributed by atoms with van der Waals surface area (Å²) in [6.45, 7) is 5.83. The number of halogens is 2. The highest BCUT2D eigenvalue weighted by Gasteiger charge is 2.22. The lowest BCUT2D eigenvalue weighted by Gasteiger charge is -2.18. The van der Waals surface area contributed by atoms with Crippen LogP contribution in [0.3, 0.4) is 0 Å². The fourth-order valence-electron chi connectivity index (χ4n) is 3.75. The van der Waals surface area contributed by atoms with Crippen molar-refractivity contribution < 1.29 is 17.2 Å². The molecule has 1 aromatic carbocycles. The van der Waals surface area contributed by atoms with Crippen LogP contribution in [0, 0.1) is 11.6 Å². The smallest absolute Gasteiger partial charge is 0.167 e. The Hall–Kier alpha value is -3.60. The van der Waals surface area contributed by atoms with Crippen LogP contribution in [0.15, 0.2) is 49.1 Å². The van der Waals surface area contributed by atoms with E-state index in [1.54, 1.807) is 24.7 Å². The second-order valence-corrected chi connectivity index (χ2v) is 10.8. The Labute approximate surface area is 202 Å². The highest BCUT2D eigenvalue weighted by atomic mass is 32.2. The van der Waals surface area contributed by atoms with Crippen LogP contribution in [0.1, 0.15) is 49.6 Å². The van der Waals surface area contributed by atoms with E-state index in [0.717, 1.165) is 11.8 Å². The number of sulfone groups is 1. The quantitative estimate of drug-likeness (QED) is 0.373. The van der Waals surface area contributed by atoms with Gasteiger partial charge in [0.2, 0.25) is 0 Å². The Morgan fingerprint density at radius 1 is 1.00 bits per heavy atom. The lowest BCUT2D eigenvalue weighted by atomic mass is 9.92. The molecule has 4 aromatic rings. The Morgan fingerprint density at radius 2 is 1.71 bits per heavy atom. The van der Waals surface area contributed by atoms with Crippen molar-refractivity contribution in [1.29, 1.82) is 0 Å². The van der Waals surface area contributed by atoms with Crippen LogP contribution >= 0.6 is 0 Å². The molecular formula is C24H24F2N6O2S. The first-order valence-corrected chi connectivity index (χ1v) is 12.9. The molecule has 1 atom stereocenters. The largest absolute Gasteiger partial charge is 0.261 e. The summed E-state index contributed by atoms with van der Waals surface area (Å²) < 4.78 is 53.1. The number of hydrogen-bond donors (Lipinski definition) is 0. The molecule has 0 saturated carbocycles. The third-order valence-corrected chi connectivity index (χ3v) is 6.23. The molecule has 0 aliphatic heterocycles. The first-order chi connectivity index (χ1) is 16.5. The van der Waals surface area contributed by atoms with Gasteiger partial charge in [-0.05, 0) is 29.7 Å². The Morgan fingerprint density at radius 3 is 2.37 bits per heavy atom. The molecule has 3 heterocycles. The predicted molar refractivity (Wildman–Crippen MR) is 127 cm³/mol. The van der Waals surface area contributed by atoms with E-state index in [9.17, 15) is 17.2 Å². The molecule has 0 aliphatic rings. The monoisotopic (exact) mass is 498 g/mol. The first-order valence-electron chi connectivity index (χ1n) is 10.9. The maximum Gasteiger partial charge on any atom is 0.167 e. The lowest BCUT2D eigenvalue weighted by Crippen LogP contribution is -2.10. The molecule has 4 rings (SSSR count). The van der Waals surface area contributed by atoms with Crippen molar-refractivity contribution in [2.45, 2.75) is 38.5 Å². The number of nitrogens with zero attached hydrogens (tertiary/aromatic N) is 6. The van der Waals surface area contributed by atoms with Gasteiger partial charge in [0.1, 0.15) is 17.5 Å². The standard InChI is InChI=1S/C24H24F2N6O2S/c1-14(2)17-8-20(23-18(25)6-5-7-19(23)26)30-31-24(17)15(3)21-10-27-11-22(29-21)16-9-28-32(12-16)13-35(4,33)34/h5-12,14-15H,13H2,1-4H3. The molecule has 0 N–H and O–H groups in total. The molecular weight excluding hydrogens is 474 g/mol. The Kier molecular flexibility index (Phi) is 6.70. The number of aromatic nitrogens is 6. The fraction of sp³-hybridized carbons (Fsp3) is 0.292. The highest BCUT2D eigenvalue weighted by molar-refractivity contribution is 7.89. The van der Waals surface area contributed by atoms with Gasteiger partial charge in [-0.2, -0.15) is 15.3 Å². The van der Waals surface area contributed by atoms with Crippen molar-refractivity contribution in [3.8, 4) is 22.5 Å². The molecule has 0 fully saturated rings.